The summed E-state index contributed by atoms with van der Waals surface area (Å²) < 4.78 is 5.19. The summed E-state index contributed by atoms with van der Waals surface area (Å²) in [5, 5.41) is 3.28. The van der Waals surface area contributed by atoms with E-state index in [1.807, 2.05) is 20.8 Å². The first-order valence-corrected chi connectivity index (χ1v) is 7.35. The van der Waals surface area contributed by atoms with E-state index in [0.29, 0.717) is 6.61 Å². The number of nitrogens with zero attached hydrogens (tertiary/aromatic N) is 2. The zero-order chi connectivity index (χ0) is 14.3. The van der Waals surface area contributed by atoms with Crippen molar-refractivity contribution in [2.45, 2.75) is 32.7 Å². The smallest absolute Gasteiger partial charge is 0.326 e. The molecule has 112 valence electrons. The van der Waals surface area contributed by atoms with Crippen molar-refractivity contribution in [2.24, 2.45) is 0 Å². The third kappa shape index (κ3) is 5.09. The molecule has 1 fully saturated rings. The minimum atomic E-state index is -0.561. The summed E-state index contributed by atoms with van der Waals surface area (Å²) in [5.74, 6) is -0.133. The van der Waals surface area contributed by atoms with Crippen molar-refractivity contribution < 1.29 is 9.53 Å². The largest absolute Gasteiger partial charge is 0.465 e. The summed E-state index contributed by atoms with van der Waals surface area (Å²) in [6, 6.07) is 0. The molecule has 1 heterocycles. The van der Waals surface area contributed by atoms with Gasteiger partial charge in [0.25, 0.3) is 0 Å². The SMILES string of the molecule is CCNC(C)(CCN1CCN(C)CC1)C(=O)OCC. The summed E-state index contributed by atoms with van der Waals surface area (Å²) in [6.45, 7) is 12.4. The van der Waals surface area contributed by atoms with Crippen LogP contribution in [0.3, 0.4) is 0 Å². The van der Waals surface area contributed by atoms with Crippen LogP contribution in [0.4, 0.5) is 0 Å². The molecule has 0 aromatic carbocycles. The van der Waals surface area contributed by atoms with Gasteiger partial charge >= 0.3 is 5.97 Å². The molecule has 0 amide bonds. The molecule has 19 heavy (non-hydrogen) atoms. The van der Waals surface area contributed by atoms with Gasteiger partial charge in [-0.25, -0.2) is 0 Å². The first-order valence-electron chi connectivity index (χ1n) is 7.35. The number of ether oxygens (including phenoxy) is 1. The molecule has 5 heteroatoms. The van der Waals surface area contributed by atoms with Crippen LogP contribution < -0.4 is 5.32 Å². The number of carbonyl (C=O) groups excluding carboxylic acids is 1. The molecule has 0 aromatic heterocycles. The standard InChI is InChI=1S/C14H29N3O2/c1-5-15-14(3,13(18)19-6-2)7-8-17-11-9-16(4)10-12-17/h15H,5-12H2,1-4H3. The second-order valence-corrected chi connectivity index (χ2v) is 5.48. The van der Waals surface area contributed by atoms with Gasteiger partial charge in [-0.05, 0) is 33.9 Å². The second-order valence-electron chi connectivity index (χ2n) is 5.48. The Balaban J connectivity index is 2.46. The molecule has 1 aliphatic heterocycles. The minimum Gasteiger partial charge on any atom is -0.465 e. The van der Waals surface area contributed by atoms with Gasteiger partial charge in [-0.3, -0.25) is 4.79 Å². The topological polar surface area (TPSA) is 44.8 Å². The number of hydrogen-bond acceptors (Lipinski definition) is 5. The maximum Gasteiger partial charge on any atom is 0.326 e. The second kappa shape index (κ2) is 7.82. The van der Waals surface area contributed by atoms with E-state index >= 15 is 0 Å². The molecule has 0 aromatic rings. The Labute approximate surface area is 117 Å². The quantitative estimate of drug-likeness (QED) is 0.685. The highest BCUT2D eigenvalue weighted by molar-refractivity contribution is 5.80. The predicted octanol–water partition coefficient (Wildman–Crippen LogP) is 0.555. The van der Waals surface area contributed by atoms with Crippen molar-refractivity contribution in [3.05, 3.63) is 0 Å². The monoisotopic (exact) mass is 271 g/mol. The Morgan fingerprint density at radius 1 is 1.26 bits per heavy atom. The van der Waals surface area contributed by atoms with Crippen LogP contribution in [0.2, 0.25) is 0 Å². The molecule has 1 N–H and O–H groups in total. The van der Waals surface area contributed by atoms with Gasteiger partial charge in [-0.2, -0.15) is 0 Å². The molecule has 1 rings (SSSR count). The average Bonchev–Trinajstić information content (AvgIpc) is 2.39. The fourth-order valence-electron chi connectivity index (χ4n) is 2.40. The molecule has 5 nitrogen and oxygen atoms in total. The molecule has 1 unspecified atom stereocenters. The highest BCUT2D eigenvalue weighted by Gasteiger charge is 2.34. The van der Waals surface area contributed by atoms with E-state index in [-0.39, 0.29) is 5.97 Å². The van der Waals surface area contributed by atoms with Crippen LogP contribution in [0.1, 0.15) is 27.2 Å². The van der Waals surface area contributed by atoms with E-state index in [1.54, 1.807) is 0 Å². The normalized spacial score (nSPS) is 21.1. The van der Waals surface area contributed by atoms with Crippen molar-refractivity contribution in [2.75, 3.05) is 52.9 Å². The lowest BCUT2D eigenvalue weighted by molar-refractivity contribution is -0.151. The van der Waals surface area contributed by atoms with Crippen molar-refractivity contribution in [1.82, 2.24) is 15.1 Å². The Morgan fingerprint density at radius 3 is 2.42 bits per heavy atom. The molecule has 0 spiro atoms. The summed E-state index contributed by atoms with van der Waals surface area (Å²) in [7, 11) is 2.15. The van der Waals surface area contributed by atoms with Crippen LogP contribution >= 0.6 is 0 Å². The molecule has 0 saturated carbocycles. The van der Waals surface area contributed by atoms with Gasteiger partial charge in [0, 0.05) is 32.7 Å². The first kappa shape index (κ1) is 16.4. The van der Waals surface area contributed by atoms with Crippen molar-refractivity contribution in [3.8, 4) is 0 Å². The van der Waals surface area contributed by atoms with E-state index in [0.717, 1.165) is 45.7 Å². The summed E-state index contributed by atoms with van der Waals surface area (Å²) >= 11 is 0. The van der Waals surface area contributed by atoms with Crippen molar-refractivity contribution in [1.29, 1.82) is 0 Å². The Kier molecular flexibility index (Phi) is 6.75. The fourth-order valence-corrected chi connectivity index (χ4v) is 2.40. The highest BCUT2D eigenvalue weighted by Crippen LogP contribution is 2.14. The van der Waals surface area contributed by atoms with Crippen molar-refractivity contribution >= 4 is 5.97 Å². The summed E-state index contributed by atoms with van der Waals surface area (Å²) in [4.78, 5) is 16.8. The molecule has 1 atom stereocenters. The lowest BCUT2D eigenvalue weighted by atomic mass is 9.97. The van der Waals surface area contributed by atoms with E-state index in [1.165, 1.54) is 0 Å². The summed E-state index contributed by atoms with van der Waals surface area (Å²) in [5.41, 5.74) is -0.561. The molecule has 1 aliphatic rings. The van der Waals surface area contributed by atoms with Gasteiger partial charge in [-0.15, -0.1) is 0 Å². The average molecular weight is 271 g/mol. The number of likely N-dealkylation sites (N-methyl/N-ethyl adjacent to an activating group) is 2. The Bertz CT molecular complexity index is 278. The number of carbonyl (C=O) groups is 1. The molecular formula is C14H29N3O2. The number of hydrogen-bond donors (Lipinski definition) is 1. The molecule has 0 aliphatic carbocycles. The number of rotatable bonds is 7. The first-order chi connectivity index (χ1) is 9.01. The third-order valence-corrected chi connectivity index (χ3v) is 3.82. The zero-order valence-electron chi connectivity index (χ0n) is 12.9. The fraction of sp³-hybridized carbons (Fsp3) is 0.929. The lowest BCUT2D eigenvalue weighted by Gasteiger charge is -2.35. The van der Waals surface area contributed by atoms with Crippen LogP contribution in [0.5, 0.6) is 0 Å². The van der Waals surface area contributed by atoms with Crippen LogP contribution in [-0.2, 0) is 9.53 Å². The van der Waals surface area contributed by atoms with Gasteiger partial charge in [0.05, 0.1) is 6.61 Å². The number of esters is 1. The van der Waals surface area contributed by atoms with Gasteiger partial charge in [-0.1, -0.05) is 6.92 Å². The maximum absolute atomic E-state index is 12.1. The highest BCUT2D eigenvalue weighted by atomic mass is 16.5. The van der Waals surface area contributed by atoms with Gasteiger partial charge in [0.2, 0.25) is 0 Å². The van der Waals surface area contributed by atoms with Crippen LogP contribution in [-0.4, -0.2) is 74.2 Å². The van der Waals surface area contributed by atoms with Crippen molar-refractivity contribution in [3.63, 3.8) is 0 Å². The number of piperazine rings is 1. The molecular weight excluding hydrogens is 242 g/mol. The lowest BCUT2D eigenvalue weighted by Crippen LogP contribution is -2.53. The van der Waals surface area contributed by atoms with Gasteiger partial charge < -0.3 is 19.9 Å². The minimum absolute atomic E-state index is 0.133. The Hall–Kier alpha value is -0.650. The van der Waals surface area contributed by atoms with Crippen LogP contribution in [0.15, 0.2) is 0 Å². The number of nitrogens with one attached hydrogen (secondary N) is 1. The van der Waals surface area contributed by atoms with E-state index < -0.39 is 5.54 Å². The molecule has 0 radical (unpaired) electrons. The molecule has 1 saturated heterocycles. The summed E-state index contributed by atoms with van der Waals surface area (Å²) in [6.07, 6.45) is 0.795. The maximum atomic E-state index is 12.1. The zero-order valence-corrected chi connectivity index (χ0v) is 12.9. The van der Waals surface area contributed by atoms with E-state index in [9.17, 15) is 4.79 Å². The van der Waals surface area contributed by atoms with E-state index in [4.69, 9.17) is 4.74 Å². The Morgan fingerprint density at radius 2 is 1.89 bits per heavy atom. The van der Waals surface area contributed by atoms with E-state index in [2.05, 4.69) is 22.2 Å². The van der Waals surface area contributed by atoms with Crippen LogP contribution in [0.25, 0.3) is 0 Å². The third-order valence-electron chi connectivity index (χ3n) is 3.82. The van der Waals surface area contributed by atoms with Crippen LogP contribution in [0, 0.1) is 0 Å². The predicted molar refractivity (Wildman–Crippen MR) is 77.3 cm³/mol. The molecule has 0 bridgehead atoms. The van der Waals surface area contributed by atoms with Gasteiger partial charge in [0.15, 0.2) is 0 Å². The van der Waals surface area contributed by atoms with Gasteiger partial charge in [0.1, 0.15) is 5.54 Å².